The van der Waals surface area contributed by atoms with Crippen molar-refractivity contribution in [1.82, 2.24) is 14.9 Å². The van der Waals surface area contributed by atoms with Crippen molar-refractivity contribution < 1.29 is 27.4 Å². The highest BCUT2D eigenvalue weighted by Crippen LogP contribution is 2.38. The molecule has 0 radical (unpaired) electrons. The monoisotopic (exact) mass is 521 g/mol. The summed E-state index contributed by atoms with van der Waals surface area (Å²) < 4.78 is 51.4. The Labute approximate surface area is 210 Å². The number of aromatic nitrogens is 2. The first-order valence-electron chi connectivity index (χ1n) is 10.9. The lowest BCUT2D eigenvalue weighted by Crippen LogP contribution is -2.18. The summed E-state index contributed by atoms with van der Waals surface area (Å²) in [4.78, 5) is 22.7. The molecule has 1 aliphatic rings. The van der Waals surface area contributed by atoms with Crippen molar-refractivity contribution >= 4 is 45.6 Å². The highest BCUT2D eigenvalue weighted by Gasteiger charge is 2.33. The Balaban J connectivity index is 1.72. The summed E-state index contributed by atoms with van der Waals surface area (Å²) in [7, 11) is 3.56. The number of fused-ring (bicyclic) bond motifs is 1. The second-order valence-corrected chi connectivity index (χ2v) is 8.68. The zero-order valence-corrected chi connectivity index (χ0v) is 20.2. The summed E-state index contributed by atoms with van der Waals surface area (Å²) in [6.45, 7) is 0.989. The molecule has 3 aromatic rings. The van der Waals surface area contributed by atoms with Gasteiger partial charge in [-0.25, -0.2) is 9.97 Å². The number of rotatable bonds is 7. The summed E-state index contributed by atoms with van der Waals surface area (Å²) in [6.07, 6.45) is 0.128. The van der Waals surface area contributed by atoms with Crippen molar-refractivity contribution in [2.45, 2.75) is 18.7 Å². The summed E-state index contributed by atoms with van der Waals surface area (Å²) in [5, 5.41) is 5.74. The van der Waals surface area contributed by atoms with E-state index in [1.807, 2.05) is 0 Å². The predicted octanol–water partition coefficient (Wildman–Crippen LogP) is 5.23. The number of halogens is 4. The second kappa shape index (κ2) is 10.6. The molecule has 1 fully saturated rings. The Morgan fingerprint density at radius 3 is 2.75 bits per heavy atom. The third-order valence-corrected chi connectivity index (χ3v) is 5.56. The number of hydrogen-bond donors (Lipinski definition) is 2. The molecule has 1 atom stereocenters. The maximum absolute atomic E-state index is 13.3. The summed E-state index contributed by atoms with van der Waals surface area (Å²) in [6, 6.07) is 6.74. The quantitative estimate of drug-likeness (QED) is 0.412. The van der Waals surface area contributed by atoms with Crippen LogP contribution in [0.2, 0.25) is 5.02 Å². The fourth-order valence-corrected chi connectivity index (χ4v) is 3.74. The normalized spacial score (nSPS) is 15.9. The van der Waals surface area contributed by atoms with Crippen LogP contribution in [0.5, 0.6) is 5.75 Å². The summed E-state index contributed by atoms with van der Waals surface area (Å²) >= 11 is 5.74. The van der Waals surface area contributed by atoms with E-state index in [4.69, 9.17) is 21.1 Å². The van der Waals surface area contributed by atoms with E-state index in [2.05, 4.69) is 20.6 Å². The number of ether oxygens (including phenoxy) is 2. The van der Waals surface area contributed by atoms with E-state index >= 15 is 0 Å². The molecule has 36 heavy (non-hydrogen) atoms. The second-order valence-electron chi connectivity index (χ2n) is 8.28. The lowest BCUT2D eigenvalue weighted by molar-refractivity contribution is -0.137. The molecule has 0 aliphatic carbocycles. The Morgan fingerprint density at radius 2 is 2.06 bits per heavy atom. The van der Waals surface area contributed by atoms with Crippen molar-refractivity contribution in [3.05, 3.63) is 59.5 Å². The molecule has 4 rings (SSSR count). The third-order valence-electron chi connectivity index (χ3n) is 5.23. The summed E-state index contributed by atoms with van der Waals surface area (Å²) in [5.74, 6) is 0.236. The lowest BCUT2D eigenvalue weighted by Gasteiger charge is -2.18. The average Bonchev–Trinajstić information content (AvgIpc) is 3.32. The lowest BCUT2D eigenvalue weighted by atomic mass is 10.1. The number of hydrogen-bond acceptors (Lipinski definition) is 7. The predicted molar refractivity (Wildman–Crippen MR) is 131 cm³/mol. The van der Waals surface area contributed by atoms with Gasteiger partial charge in [-0.1, -0.05) is 11.6 Å². The van der Waals surface area contributed by atoms with E-state index in [0.29, 0.717) is 42.0 Å². The standard InChI is InChI=1S/C24H23ClF3N5O3/c1-33(2)7-5-22(34)32-20-10-16-19(11-21(20)36-15-6-8-35-12-15)29-13-30-23(16)31-14-3-4-18(25)17(9-14)24(26,27)28/h3-5,7,9-11,13,15H,6,8,12H2,1-2H3,(H,32,34)(H,29,30,31)/b7-5+/t15-/m0/s1. The van der Waals surface area contributed by atoms with E-state index in [0.717, 1.165) is 12.1 Å². The molecule has 0 saturated carbocycles. The molecule has 190 valence electrons. The molecule has 1 aliphatic heterocycles. The van der Waals surface area contributed by atoms with Gasteiger partial charge < -0.3 is 25.0 Å². The minimum Gasteiger partial charge on any atom is -0.486 e. The van der Waals surface area contributed by atoms with Crippen molar-refractivity contribution in [3.63, 3.8) is 0 Å². The van der Waals surface area contributed by atoms with Gasteiger partial charge in [-0.05, 0) is 24.3 Å². The Hall–Kier alpha value is -3.57. The van der Waals surface area contributed by atoms with Gasteiger partial charge in [0, 0.05) is 49.9 Å². The molecule has 0 bridgehead atoms. The molecular formula is C24H23ClF3N5O3. The first-order chi connectivity index (χ1) is 17.1. The van der Waals surface area contributed by atoms with Crippen LogP contribution in [0.15, 0.2) is 48.9 Å². The number of nitrogens with zero attached hydrogens (tertiary/aromatic N) is 3. The number of carbonyl (C=O) groups excluding carboxylic acids is 1. The molecule has 1 aromatic heterocycles. The molecule has 12 heteroatoms. The first-order valence-corrected chi connectivity index (χ1v) is 11.3. The molecule has 2 heterocycles. The highest BCUT2D eigenvalue weighted by atomic mass is 35.5. The minimum absolute atomic E-state index is 0.134. The van der Waals surface area contributed by atoms with E-state index in [-0.39, 0.29) is 17.6 Å². The molecule has 0 unspecified atom stereocenters. The van der Waals surface area contributed by atoms with Gasteiger partial charge in [0.15, 0.2) is 0 Å². The van der Waals surface area contributed by atoms with Gasteiger partial charge in [0.1, 0.15) is 24.0 Å². The van der Waals surface area contributed by atoms with Gasteiger partial charge in [0.05, 0.1) is 35.0 Å². The van der Waals surface area contributed by atoms with Gasteiger partial charge in [0.25, 0.3) is 0 Å². The minimum atomic E-state index is -4.61. The summed E-state index contributed by atoms with van der Waals surface area (Å²) in [5.41, 5.74) is -0.0155. The third kappa shape index (κ3) is 6.16. The van der Waals surface area contributed by atoms with Crippen LogP contribution in [-0.2, 0) is 15.7 Å². The zero-order valence-electron chi connectivity index (χ0n) is 19.4. The number of amides is 1. The fraction of sp³-hybridized carbons (Fsp3) is 0.292. The molecule has 8 nitrogen and oxygen atoms in total. The number of benzene rings is 2. The Morgan fingerprint density at radius 1 is 1.25 bits per heavy atom. The van der Waals surface area contributed by atoms with Crippen molar-refractivity contribution in [3.8, 4) is 5.75 Å². The van der Waals surface area contributed by atoms with Crippen molar-refractivity contribution in [1.29, 1.82) is 0 Å². The largest absolute Gasteiger partial charge is 0.486 e. The first kappa shape index (κ1) is 25.5. The van der Waals surface area contributed by atoms with Gasteiger partial charge in [-0.3, -0.25) is 4.79 Å². The van der Waals surface area contributed by atoms with Crippen LogP contribution in [0.1, 0.15) is 12.0 Å². The van der Waals surface area contributed by atoms with Crippen molar-refractivity contribution in [2.24, 2.45) is 0 Å². The molecular weight excluding hydrogens is 499 g/mol. The number of carbonyl (C=O) groups is 1. The zero-order chi connectivity index (χ0) is 25.9. The maximum atomic E-state index is 13.3. The Bertz CT molecular complexity index is 1290. The molecule has 1 amide bonds. The molecule has 0 spiro atoms. The molecule has 1 saturated heterocycles. The van der Waals surface area contributed by atoms with Crippen LogP contribution in [0, 0.1) is 0 Å². The number of nitrogens with one attached hydrogen (secondary N) is 2. The number of alkyl halides is 3. The van der Waals surface area contributed by atoms with Crippen LogP contribution in [-0.4, -0.2) is 54.2 Å². The highest BCUT2D eigenvalue weighted by molar-refractivity contribution is 6.31. The van der Waals surface area contributed by atoms with Crippen LogP contribution < -0.4 is 15.4 Å². The molecule has 2 aromatic carbocycles. The van der Waals surface area contributed by atoms with E-state index < -0.39 is 22.7 Å². The smallest absolute Gasteiger partial charge is 0.417 e. The van der Waals surface area contributed by atoms with E-state index in [1.54, 1.807) is 37.3 Å². The maximum Gasteiger partial charge on any atom is 0.417 e. The van der Waals surface area contributed by atoms with Gasteiger partial charge >= 0.3 is 6.18 Å². The SMILES string of the molecule is CN(C)/C=C/C(=O)Nc1cc2c(Nc3ccc(Cl)c(C(F)(F)F)c3)ncnc2cc1O[C@H]1CCOC1. The van der Waals surface area contributed by atoms with Crippen LogP contribution >= 0.6 is 11.6 Å². The van der Waals surface area contributed by atoms with Crippen LogP contribution in [0.3, 0.4) is 0 Å². The van der Waals surface area contributed by atoms with E-state index in [1.165, 1.54) is 18.5 Å². The molecule has 2 N–H and O–H groups in total. The number of anilines is 3. The fourth-order valence-electron chi connectivity index (χ4n) is 3.51. The average molecular weight is 522 g/mol. The topological polar surface area (TPSA) is 88.6 Å². The van der Waals surface area contributed by atoms with Gasteiger partial charge in [-0.2, -0.15) is 13.2 Å². The van der Waals surface area contributed by atoms with Crippen LogP contribution in [0.4, 0.5) is 30.4 Å². The Kier molecular flexibility index (Phi) is 7.51. The van der Waals surface area contributed by atoms with Gasteiger partial charge in [-0.15, -0.1) is 0 Å². The van der Waals surface area contributed by atoms with E-state index in [9.17, 15) is 18.0 Å². The van der Waals surface area contributed by atoms with Crippen molar-refractivity contribution in [2.75, 3.05) is 37.9 Å². The van der Waals surface area contributed by atoms with Crippen LogP contribution in [0.25, 0.3) is 10.9 Å². The van der Waals surface area contributed by atoms with Gasteiger partial charge in [0.2, 0.25) is 5.91 Å².